The molecule has 1 aromatic carbocycles. The summed E-state index contributed by atoms with van der Waals surface area (Å²) < 4.78 is 5.68. The topological polar surface area (TPSA) is 47.0 Å². The molecule has 1 aromatic heterocycles. The predicted octanol–water partition coefficient (Wildman–Crippen LogP) is 2.67. The molecular weight excluding hydrogens is 250 g/mol. The second-order valence-corrected chi connectivity index (χ2v) is 5.59. The summed E-state index contributed by atoms with van der Waals surface area (Å²) in [5, 5.41) is 3.47. The molecule has 0 saturated carbocycles. The Balaban J connectivity index is 1.73. The predicted molar refractivity (Wildman–Crippen MR) is 79.5 cm³/mol. The number of hydrogen-bond donors (Lipinski definition) is 1. The van der Waals surface area contributed by atoms with Crippen molar-refractivity contribution in [1.29, 1.82) is 0 Å². The third-order valence-electron chi connectivity index (χ3n) is 2.94. The first-order chi connectivity index (χ1) is 9.66. The minimum atomic E-state index is 0.0414. The monoisotopic (exact) mass is 271 g/mol. The lowest BCUT2D eigenvalue weighted by Gasteiger charge is -2.24. The molecule has 0 radical (unpaired) electrons. The van der Waals surface area contributed by atoms with Crippen LogP contribution in [0.15, 0.2) is 48.9 Å². The van der Waals surface area contributed by atoms with Gasteiger partial charge in [-0.25, -0.2) is 9.97 Å². The smallest absolute Gasteiger partial charge is 0.216 e. The lowest BCUT2D eigenvalue weighted by atomic mass is 9.95. The average molecular weight is 271 g/mol. The van der Waals surface area contributed by atoms with E-state index in [-0.39, 0.29) is 5.41 Å². The first-order valence-electron chi connectivity index (χ1n) is 6.79. The first kappa shape index (κ1) is 14.5. The highest BCUT2D eigenvalue weighted by Crippen LogP contribution is 2.16. The molecule has 2 rings (SSSR count). The molecule has 106 valence electrons. The fraction of sp³-hybridized carbons (Fsp3) is 0.375. The Hall–Kier alpha value is -1.94. The standard InChI is InChI=1S/C16H21N3O/c1-16(2,12-20-15-8-9-17-13-19-15)11-18-10-14-6-4-3-5-7-14/h3-9,13,18H,10-12H2,1-2H3. The molecule has 4 nitrogen and oxygen atoms in total. The molecular formula is C16H21N3O. The maximum Gasteiger partial charge on any atom is 0.216 e. The number of hydrogen-bond acceptors (Lipinski definition) is 4. The van der Waals surface area contributed by atoms with Crippen LogP contribution in [0.3, 0.4) is 0 Å². The van der Waals surface area contributed by atoms with Crippen LogP contribution in [0.1, 0.15) is 19.4 Å². The Morgan fingerprint density at radius 2 is 1.95 bits per heavy atom. The molecule has 2 aromatic rings. The maximum atomic E-state index is 5.68. The van der Waals surface area contributed by atoms with E-state index < -0.39 is 0 Å². The molecule has 0 aliphatic rings. The normalized spacial score (nSPS) is 11.3. The van der Waals surface area contributed by atoms with Crippen molar-refractivity contribution in [3.8, 4) is 5.88 Å². The van der Waals surface area contributed by atoms with Crippen LogP contribution in [0.5, 0.6) is 5.88 Å². The van der Waals surface area contributed by atoms with Gasteiger partial charge >= 0.3 is 0 Å². The molecule has 0 aliphatic carbocycles. The van der Waals surface area contributed by atoms with Crippen LogP contribution >= 0.6 is 0 Å². The van der Waals surface area contributed by atoms with E-state index in [9.17, 15) is 0 Å². The highest BCUT2D eigenvalue weighted by molar-refractivity contribution is 5.14. The van der Waals surface area contributed by atoms with Crippen molar-refractivity contribution in [2.24, 2.45) is 5.41 Å². The van der Waals surface area contributed by atoms with Gasteiger partial charge in [-0.05, 0) is 5.56 Å². The minimum absolute atomic E-state index is 0.0414. The summed E-state index contributed by atoms with van der Waals surface area (Å²) in [7, 11) is 0. The summed E-state index contributed by atoms with van der Waals surface area (Å²) in [6.45, 7) is 6.72. The lowest BCUT2D eigenvalue weighted by Crippen LogP contribution is -2.34. The Morgan fingerprint density at radius 3 is 2.65 bits per heavy atom. The van der Waals surface area contributed by atoms with Gasteiger partial charge in [0.2, 0.25) is 5.88 Å². The highest BCUT2D eigenvalue weighted by atomic mass is 16.5. The molecule has 0 unspecified atom stereocenters. The van der Waals surface area contributed by atoms with E-state index in [2.05, 4.69) is 53.4 Å². The summed E-state index contributed by atoms with van der Waals surface area (Å²) in [4.78, 5) is 7.93. The molecule has 0 spiro atoms. The van der Waals surface area contributed by atoms with Crippen LogP contribution in [-0.2, 0) is 6.54 Å². The van der Waals surface area contributed by atoms with Gasteiger partial charge in [-0.3, -0.25) is 0 Å². The van der Waals surface area contributed by atoms with Crippen molar-refractivity contribution in [1.82, 2.24) is 15.3 Å². The second kappa shape index (κ2) is 7.01. The fourth-order valence-electron chi connectivity index (χ4n) is 1.83. The molecule has 4 heteroatoms. The summed E-state index contributed by atoms with van der Waals surface area (Å²) in [6, 6.07) is 12.2. The molecule has 0 fully saturated rings. The van der Waals surface area contributed by atoms with Crippen LogP contribution in [0, 0.1) is 5.41 Å². The Bertz CT molecular complexity index is 500. The van der Waals surface area contributed by atoms with E-state index in [4.69, 9.17) is 4.74 Å². The molecule has 0 bridgehead atoms. The number of aromatic nitrogens is 2. The molecule has 0 amide bonds. The van der Waals surface area contributed by atoms with Gasteiger partial charge in [-0.2, -0.15) is 0 Å². The molecule has 0 aliphatic heterocycles. The Morgan fingerprint density at radius 1 is 1.15 bits per heavy atom. The van der Waals surface area contributed by atoms with Gasteiger partial charge in [0.15, 0.2) is 0 Å². The van der Waals surface area contributed by atoms with Crippen LogP contribution in [0.4, 0.5) is 0 Å². The van der Waals surface area contributed by atoms with E-state index in [0.29, 0.717) is 12.5 Å². The fourth-order valence-corrected chi connectivity index (χ4v) is 1.83. The van der Waals surface area contributed by atoms with Crippen LogP contribution in [0.2, 0.25) is 0 Å². The number of nitrogens with zero attached hydrogens (tertiary/aromatic N) is 2. The summed E-state index contributed by atoms with van der Waals surface area (Å²) in [5.41, 5.74) is 1.33. The number of ether oxygens (including phenoxy) is 1. The molecule has 0 saturated heterocycles. The average Bonchev–Trinajstić information content (AvgIpc) is 2.47. The molecule has 1 N–H and O–H groups in total. The number of benzene rings is 1. The van der Waals surface area contributed by atoms with E-state index >= 15 is 0 Å². The minimum Gasteiger partial charge on any atom is -0.477 e. The zero-order chi connectivity index (χ0) is 14.3. The lowest BCUT2D eigenvalue weighted by molar-refractivity contribution is 0.170. The van der Waals surface area contributed by atoms with E-state index in [1.165, 1.54) is 11.9 Å². The SMILES string of the molecule is CC(C)(CNCc1ccccc1)COc1ccncn1. The van der Waals surface area contributed by atoms with Gasteiger partial charge in [0.05, 0.1) is 6.61 Å². The van der Waals surface area contributed by atoms with Gasteiger partial charge in [0.25, 0.3) is 0 Å². The van der Waals surface area contributed by atoms with Crippen molar-refractivity contribution in [3.05, 3.63) is 54.5 Å². The van der Waals surface area contributed by atoms with Crippen molar-refractivity contribution in [3.63, 3.8) is 0 Å². The van der Waals surface area contributed by atoms with E-state index in [0.717, 1.165) is 13.1 Å². The Kier molecular flexibility index (Phi) is 5.07. The van der Waals surface area contributed by atoms with E-state index in [1.54, 1.807) is 12.3 Å². The van der Waals surface area contributed by atoms with Gasteiger partial charge in [-0.1, -0.05) is 44.2 Å². The van der Waals surface area contributed by atoms with Gasteiger partial charge < -0.3 is 10.1 Å². The van der Waals surface area contributed by atoms with Crippen LogP contribution < -0.4 is 10.1 Å². The third kappa shape index (κ3) is 4.97. The largest absolute Gasteiger partial charge is 0.477 e. The zero-order valence-corrected chi connectivity index (χ0v) is 12.0. The van der Waals surface area contributed by atoms with Crippen LogP contribution in [0.25, 0.3) is 0 Å². The summed E-state index contributed by atoms with van der Waals surface area (Å²) in [5.74, 6) is 0.621. The van der Waals surface area contributed by atoms with Crippen molar-refractivity contribution in [2.75, 3.05) is 13.2 Å². The number of rotatable bonds is 7. The maximum absolute atomic E-state index is 5.68. The molecule has 20 heavy (non-hydrogen) atoms. The summed E-state index contributed by atoms with van der Waals surface area (Å²) >= 11 is 0. The second-order valence-electron chi connectivity index (χ2n) is 5.59. The van der Waals surface area contributed by atoms with Gasteiger partial charge in [0, 0.05) is 30.8 Å². The third-order valence-corrected chi connectivity index (χ3v) is 2.94. The number of nitrogens with one attached hydrogen (secondary N) is 1. The highest BCUT2D eigenvalue weighted by Gasteiger charge is 2.18. The van der Waals surface area contributed by atoms with Crippen molar-refractivity contribution >= 4 is 0 Å². The van der Waals surface area contributed by atoms with Crippen LogP contribution in [-0.4, -0.2) is 23.1 Å². The Labute approximate surface area is 120 Å². The van der Waals surface area contributed by atoms with Gasteiger partial charge in [-0.15, -0.1) is 0 Å². The first-order valence-corrected chi connectivity index (χ1v) is 6.79. The van der Waals surface area contributed by atoms with Gasteiger partial charge in [0.1, 0.15) is 6.33 Å². The summed E-state index contributed by atoms with van der Waals surface area (Å²) in [6.07, 6.45) is 3.18. The van der Waals surface area contributed by atoms with E-state index in [1.807, 2.05) is 6.07 Å². The molecule has 1 heterocycles. The zero-order valence-electron chi connectivity index (χ0n) is 12.0. The molecule has 0 atom stereocenters. The van der Waals surface area contributed by atoms with Crippen molar-refractivity contribution in [2.45, 2.75) is 20.4 Å². The van der Waals surface area contributed by atoms with Crippen molar-refractivity contribution < 1.29 is 4.74 Å². The quantitative estimate of drug-likeness (QED) is 0.841.